The molecule has 7 heteroatoms. The van der Waals surface area contributed by atoms with Crippen LogP contribution in [0.3, 0.4) is 0 Å². The summed E-state index contributed by atoms with van der Waals surface area (Å²) in [7, 11) is 0. The average Bonchev–Trinajstić information content (AvgIpc) is 2.43. The molecule has 0 bridgehead atoms. The van der Waals surface area contributed by atoms with E-state index in [1.54, 1.807) is 19.1 Å². The second kappa shape index (κ2) is 7.28. The van der Waals surface area contributed by atoms with Crippen molar-refractivity contribution in [2.75, 3.05) is 5.32 Å². The van der Waals surface area contributed by atoms with Gasteiger partial charge in [0.15, 0.2) is 0 Å². The Balaban J connectivity index is 2.74. The number of aliphatic carboxylic acids is 1. The standard InChI is InChI=1S/C14H19N3O4/c1-3-8(2)11(13(19)20)17-14(21)16-10-6-4-5-9(7-10)12(15)18/h4-8,11H,3H2,1-2H3,(H2,15,18)(H,19,20)(H2,16,17,21)/t8-,11-/m0/s1. The average molecular weight is 293 g/mol. The van der Waals surface area contributed by atoms with Gasteiger partial charge < -0.3 is 21.5 Å². The number of carboxylic acid groups (broad SMARTS) is 1. The number of carbonyl (C=O) groups excluding carboxylic acids is 2. The molecule has 21 heavy (non-hydrogen) atoms. The summed E-state index contributed by atoms with van der Waals surface area (Å²) in [6.45, 7) is 3.59. The van der Waals surface area contributed by atoms with Crippen LogP contribution in [0.25, 0.3) is 0 Å². The summed E-state index contributed by atoms with van der Waals surface area (Å²) in [5.74, 6) is -1.90. The smallest absolute Gasteiger partial charge is 0.326 e. The molecule has 0 aliphatic carbocycles. The molecule has 0 saturated carbocycles. The van der Waals surface area contributed by atoms with Crippen LogP contribution in [-0.4, -0.2) is 29.1 Å². The van der Waals surface area contributed by atoms with Crippen molar-refractivity contribution in [3.8, 4) is 0 Å². The zero-order valence-electron chi connectivity index (χ0n) is 11.9. The second-order valence-electron chi connectivity index (χ2n) is 4.74. The van der Waals surface area contributed by atoms with Gasteiger partial charge in [0.2, 0.25) is 5.91 Å². The highest BCUT2D eigenvalue weighted by Gasteiger charge is 2.25. The quantitative estimate of drug-likeness (QED) is 0.633. The monoisotopic (exact) mass is 293 g/mol. The molecule has 0 aliphatic heterocycles. The first-order valence-corrected chi connectivity index (χ1v) is 6.55. The zero-order valence-corrected chi connectivity index (χ0v) is 11.9. The Morgan fingerprint density at radius 1 is 1.33 bits per heavy atom. The third-order valence-electron chi connectivity index (χ3n) is 3.17. The van der Waals surface area contributed by atoms with Crippen molar-refractivity contribution in [3.05, 3.63) is 29.8 Å². The number of nitrogens with one attached hydrogen (secondary N) is 2. The number of nitrogens with two attached hydrogens (primary N) is 1. The minimum atomic E-state index is -1.09. The SMILES string of the molecule is CC[C@H](C)[C@H](NC(=O)Nc1cccc(C(N)=O)c1)C(=O)O. The molecule has 0 aliphatic rings. The van der Waals surface area contributed by atoms with E-state index in [0.29, 0.717) is 12.1 Å². The van der Waals surface area contributed by atoms with Crippen LogP contribution in [0, 0.1) is 5.92 Å². The molecule has 2 atom stereocenters. The first-order chi connectivity index (χ1) is 9.85. The van der Waals surface area contributed by atoms with E-state index in [-0.39, 0.29) is 11.5 Å². The molecule has 0 saturated heterocycles. The minimum absolute atomic E-state index is 0.204. The molecule has 0 heterocycles. The molecule has 0 aromatic heterocycles. The number of amides is 3. The van der Waals surface area contributed by atoms with E-state index in [4.69, 9.17) is 10.8 Å². The Hall–Kier alpha value is -2.57. The van der Waals surface area contributed by atoms with Crippen molar-refractivity contribution in [1.29, 1.82) is 0 Å². The molecule has 1 aromatic carbocycles. The van der Waals surface area contributed by atoms with Crippen LogP contribution < -0.4 is 16.4 Å². The van der Waals surface area contributed by atoms with Gasteiger partial charge in [0.25, 0.3) is 0 Å². The van der Waals surface area contributed by atoms with E-state index in [2.05, 4.69) is 10.6 Å². The van der Waals surface area contributed by atoms with Crippen LogP contribution in [0.2, 0.25) is 0 Å². The van der Waals surface area contributed by atoms with Gasteiger partial charge >= 0.3 is 12.0 Å². The zero-order chi connectivity index (χ0) is 16.0. The molecule has 0 radical (unpaired) electrons. The first kappa shape index (κ1) is 16.5. The van der Waals surface area contributed by atoms with E-state index in [1.807, 2.05) is 6.92 Å². The third kappa shape index (κ3) is 4.79. The Labute approximate surface area is 122 Å². The molecule has 1 rings (SSSR count). The molecule has 1 aromatic rings. The number of hydrogen-bond acceptors (Lipinski definition) is 3. The molecule has 3 amide bonds. The summed E-state index contributed by atoms with van der Waals surface area (Å²) in [5, 5.41) is 14.0. The highest BCUT2D eigenvalue weighted by molar-refractivity contribution is 5.96. The van der Waals surface area contributed by atoms with Crippen LogP contribution in [-0.2, 0) is 4.79 Å². The maximum absolute atomic E-state index is 11.8. The summed E-state index contributed by atoms with van der Waals surface area (Å²) in [6, 6.07) is 4.45. The lowest BCUT2D eigenvalue weighted by atomic mass is 9.99. The van der Waals surface area contributed by atoms with Gasteiger partial charge in [0, 0.05) is 11.3 Å². The number of urea groups is 1. The van der Waals surface area contributed by atoms with Gasteiger partial charge in [-0.2, -0.15) is 0 Å². The Kier molecular flexibility index (Phi) is 5.71. The van der Waals surface area contributed by atoms with Crippen molar-refractivity contribution in [2.45, 2.75) is 26.3 Å². The molecule has 114 valence electrons. The highest BCUT2D eigenvalue weighted by Crippen LogP contribution is 2.11. The Morgan fingerprint density at radius 2 is 2.00 bits per heavy atom. The summed E-state index contributed by atoms with van der Waals surface area (Å²) >= 11 is 0. The van der Waals surface area contributed by atoms with Gasteiger partial charge in [-0.1, -0.05) is 26.3 Å². The molecule has 0 spiro atoms. The van der Waals surface area contributed by atoms with Crippen LogP contribution >= 0.6 is 0 Å². The number of carbonyl (C=O) groups is 3. The number of hydrogen-bond donors (Lipinski definition) is 4. The largest absolute Gasteiger partial charge is 0.480 e. The topological polar surface area (TPSA) is 122 Å². The predicted molar refractivity (Wildman–Crippen MR) is 78.0 cm³/mol. The fraction of sp³-hybridized carbons (Fsp3) is 0.357. The van der Waals surface area contributed by atoms with E-state index in [1.165, 1.54) is 12.1 Å². The van der Waals surface area contributed by atoms with Crippen LogP contribution in [0.1, 0.15) is 30.6 Å². The lowest BCUT2D eigenvalue weighted by Crippen LogP contribution is -2.46. The van der Waals surface area contributed by atoms with E-state index in [9.17, 15) is 14.4 Å². The fourth-order valence-electron chi connectivity index (χ4n) is 1.74. The maximum atomic E-state index is 11.8. The summed E-state index contributed by atoms with van der Waals surface area (Å²) in [6.07, 6.45) is 0.619. The van der Waals surface area contributed by atoms with Crippen molar-refractivity contribution >= 4 is 23.6 Å². The molecular formula is C14H19N3O4. The molecule has 0 fully saturated rings. The van der Waals surface area contributed by atoms with Crippen molar-refractivity contribution in [3.63, 3.8) is 0 Å². The maximum Gasteiger partial charge on any atom is 0.326 e. The number of carboxylic acids is 1. The van der Waals surface area contributed by atoms with Gasteiger partial charge in [-0.25, -0.2) is 9.59 Å². The van der Waals surface area contributed by atoms with Crippen molar-refractivity contribution < 1.29 is 19.5 Å². The summed E-state index contributed by atoms with van der Waals surface area (Å²) < 4.78 is 0. The Morgan fingerprint density at radius 3 is 2.52 bits per heavy atom. The van der Waals surface area contributed by atoms with Gasteiger partial charge in [-0.05, 0) is 24.1 Å². The van der Waals surface area contributed by atoms with E-state index in [0.717, 1.165) is 0 Å². The lowest BCUT2D eigenvalue weighted by molar-refractivity contribution is -0.140. The van der Waals surface area contributed by atoms with Crippen LogP contribution in [0.4, 0.5) is 10.5 Å². The van der Waals surface area contributed by atoms with E-state index >= 15 is 0 Å². The number of primary amides is 1. The highest BCUT2D eigenvalue weighted by atomic mass is 16.4. The first-order valence-electron chi connectivity index (χ1n) is 6.55. The number of anilines is 1. The van der Waals surface area contributed by atoms with Gasteiger partial charge in [0.05, 0.1) is 0 Å². The Bertz CT molecular complexity index is 545. The fourth-order valence-corrected chi connectivity index (χ4v) is 1.74. The normalized spacial score (nSPS) is 13.0. The molecule has 7 nitrogen and oxygen atoms in total. The van der Waals surface area contributed by atoms with Gasteiger partial charge in [-0.3, -0.25) is 4.79 Å². The van der Waals surface area contributed by atoms with Crippen LogP contribution in [0.15, 0.2) is 24.3 Å². The van der Waals surface area contributed by atoms with Crippen LogP contribution in [0.5, 0.6) is 0 Å². The van der Waals surface area contributed by atoms with Gasteiger partial charge in [0.1, 0.15) is 6.04 Å². The van der Waals surface area contributed by atoms with Crippen molar-refractivity contribution in [2.24, 2.45) is 11.7 Å². The second-order valence-corrected chi connectivity index (χ2v) is 4.74. The predicted octanol–water partition coefficient (Wildman–Crippen LogP) is 1.41. The number of rotatable bonds is 6. The minimum Gasteiger partial charge on any atom is -0.480 e. The van der Waals surface area contributed by atoms with E-state index < -0.39 is 23.9 Å². The third-order valence-corrected chi connectivity index (χ3v) is 3.17. The molecule has 0 unspecified atom stereocenters. The van der Waals surface area contributed by atoms with Crippen molar-refractivity contribution in [1.82, 2.24) is 5.32 Å². The summed E-state index contributed by atoms with van der Waals surface area (Å²) in [5.41, 5.74) is 5.76. The number of benzene rings is 1. The summed E-state index contributed by atoms with van der Waals surface area (Å²) in [4.78, 5) is 34.0. The molecular weight excluding hydrogens is 274 g/mol. The van der Waals surface area contributed by atoms with Gasteiger partial charge in [-0.15, -0.1) is 0 Å². The lowest BCUT2D eigenvalue weighted by Gasteiger charge is -2.20. The molecule has 5 N–H and O–H groups in total.